The number of ether oxygens (including phenoxy) is 1. The number of hydrogen-bond acceptors (Lipinski definition) is 9. The van der Waals surface area contributed by atoms with Crippen molar-refractivity contribution in [3.05, 3.63) is 47.0 Å². The molecule has 0 aliphatic rings. The number of hydrogen-bond donors (Lipinski definition) is 3. The molecule has 12 heteroatoms. The highest BCUT2D eigenvalue weighted by atomic mass is 32.1. The number of nitrogens with zero attached hydrogens (tertiary/aromatic N) is 5. The van der Waals surface area contributed by atoms with Gasteiger partial charge in [0.1, 0.15) is 17.1 Å². The Balaban J connectivity index is 1.52. The minimum atomic E-state index is -0.499. The number of aromatic amines is 1. The highest BCUT2D eigenvalue weighted by Gasteiger charge is 2.14. The van der Waals surface area contributed by atoms with Crippen molar-refractivity contribution in [3.8, 4) is 5.75 Å². The SMILES string of the molecule is COc1ccccc1/C=N\NC(=O)Cc1nnc(NC(=O)c2ncn[nH]2)s1. The number of methoxy groups -OCH3 is 1. The van der Waals surface area contributed by atoms with Gasteiger partial charge in [0.05, 0.1) is 19.7 Å². The molecule has 0 fully saturated rings. The van der Waals surface area contributed by atoms with Crippen LogP contribution in [0, 0.1) is 0 Å². The van der Waals surface area contributed by atoms with Gasteiger partial charge in [0.15, 0.2) is 0 Å². The maximum atomic E-state index is 11.9. The summed E-state index contributed by atoms with van der Waals surface area (Å²) in [6.07, 6.45) is 2.68. The van der Waals surface area contributed by atoms with Crippen molar-refractivity contribution in [2.75, 3.05) is 12.4 Å². The van der Waals surface area contributed by atoms with Gasteiger partial charge in [0.25, 0.3) is 5.91 Å². The Hall–Kier alpha value is -3.67. The Bertz CT molecular complexity index is 954. The van der Waals surface area contributed by atoms with Crippen LogP contribution in [-0.4, -0.2) is 50.5 Å². The van der Waals surface area contributed by atoms with Crippen LogP contribution < -0.4 is 15.5 Å². The summed E-state index contributed by atoms with van der Waals surface area (Å²) in [7, 11) is 1.56. The van der Waals surface area contributed by atoms with Crippen LogP contribution in [0.5, 0.6) is 5.75 Å². The van der Waals surface area contributed by atoms with Gasteiger partial charge < -0.3 is 4.74 Å². The first kappa shape index (κ1) is 18.1. The first-order chi connectivity index (χ1) is 13.2. The second-order valence-electron chi connectivity index (χ2n) is 5.00. The van der Waals surface area contributed by atoms with E-state index in [0.717, 1.165) is 16.9 Å². The van der Waals surface area contributed by atoms with Gasteiger partial charge in [-0.05, 0) is 12.1 Å². The van der Waals surface area contributed by atoms with Crippen LogP contribution in [0.4, 0.5) is 5.13 Å². The van der Waals surface area contributed by atoms with E-state index in [4.69, 9.17) is 4.74 Å². The second-order valence-corrected chi connectivity index (χ2v) is 6.06. The molecule has 3 N–H and O–H groups in total. The summed E-state index contributed by atoms with van der Waals surface area (Å²) >= 11 is 1.07. The molecule has 0 aliphatic carbocycles. The Morgan fingerprint density at radius 1 is 1.33 bits per heavy atom. The topological polar surface area (TPSA) is 147 Å². The predicted octanol–water partition coefficient (Wildman–Crippen LogP) is 0.610. The molecule has 0 unspecified atom stereocenters. The lowest BCUT2D eigenvalue weighted by Crippen LogP contribution is -2.19. The zero-order valence-corrected chi connectivity index (χ0v) is 14.9. The monoisotopic (exact) mass is 386 g/mol. The summed E-state index contributed by atoms with van der Waals surface area (Å²) in [5.74, 6) is -0.173. The molecule has 0 spiro atoms. The number of benzene rings is 1. The quantitative estimate of drug-likeness (QED) is 0.398. The Morgan fingerprint density at radius 2 is 2.19 bits per heavy atom. The molecule has 3 aromatic rings. The molecule has 0 radical (unpaired) electrons. The fourth-order valence-corrected chi connectivity index (χ4v) is 2.70. The highest BCUT2D eigenvalue weighted by Crippen LogP contribution is 2.16. The van der Waals surface area contributed by atoms with Crippen molar-refractivity contribution in [2.24, 2.45) is 5.10 Å². The number of para-hydroxylation sites is 1. The predicted molar refractivity (Wildman–Crippen MR) is 96.7 cm³/mol. The summed E-state index contributed by atoms with van der Waals surface area (Å²) < 4.78 is 5.19. The average molecular weight is 386 g/mol. The molecular formula is C15H14N8O3S. The summed E-state index contributed by atoms with van der Waals surface area (Å²) in [6.45, 7) is 0. The minimum absolute atomic E-state index is 0.0287. The van der Waals surface area contributed by atoms with Crippen molar-refractivity contribution in [3.63, 3.8) is 0 Å². The number of nitrogens with one attached hydrogen (secondary N) is 3. The lowest BCUT2D eigenvalue weighted by atomic mass is 10.2. The Labute approximate surface area is 156 Å². The van der Waals surface area contributed by atoms with Crippen LogP contribution in [0.2, 0.25) is 0 Å². The van der Waals surface area contributed by atoms with E-state index >= 15 is 0 Å². The molecular weight excluding hydrogens is 372 g/mol. The second kappa shape index (κ2) is 8.62. The normalized spacial score (nSPS) is 10.7. The summed E-state index contributed by atoms with van der Waals surface area (Å²) in [6, 6.07) is 7.27. The number of aromatic nitrogens is 5. The van der Waals surface area contributed by atoms with Gasteiger partial charge in [-0.15, -0.1) is 10.2 Å². The first-order valence-electron chi connectivity index (χ1n) is 7.59. The van der Waals surface area contributed by atoms with E-state index in [0.29, 0.717) is 10.8 Å². The van der Waals surface area contributed by atoms with E-state index in [2.05, 4.69) is 41.2 Å². The molecule has 2 amide bonds. The van der Waals surface area contributed by atoms with E-state index in [-0.39, 0.29) is 23.3 Å². The van der Waals surface area contributed by atoms with E-state index in [1.165, 1.54) is 12.5 Å². The smallest absolute Gasteiger partial charge is 0.294 e. The zero-order valence-electron chi connectivity index (χ0n) is 14.0. The van der Waals surface area contributed by atoms with Crippen molar-refractivity contribution in [1.29, 1.82) is 0 Å². The van der Waals surface area contributed by atoms with Crippen molar-refractivity contribution >= 4 is 34.5 Å². The highest BCUT2D eigenvalue weighted by molar-refractivity contribution is 7.15. The van der Waals surface area contributed by atoms with E-state index in [9.17, 15) is 9.59 Å². The van der Waals surface area contributed by atoms with Crippen molar-refractivity contribution in [1.82, 2.24) is 30.8 Å². The molecule has 2 heterocycles. The van der Waals surface area contributed by atoms with Crippen LogP contribution >= 0.6 is 11.3 Å². The van der Waals surface area contributed by atoms with E-state index in [1.54, 1.807) is 13.2 Å². The molecule has 2 aromatic heterocycles. The minimum Gasteiger partial charge on any atom is -0.496 e. The number of H-pyrrole nitrogens is 1. The Kier molecular flexibility index (Phi) is 5.79. The summed E-state index contributed by atoms with van der Waals surface area (Å²) in [5.41, 5.74) is 3.14. The molecule has 1 aromatic carbocycles. The standard InChI is InChI=1S/C15H14N8O3S/c1-26-10-5-3-2-4-9(10)7-17-20-11(24)6-12-21-23-15(27-12)19-14(25)13-16-8-18-22-13/h2-5,7-8H,6H2,1H3,(H,20,24)(H,16,18,22)(H,19,23,25)/b17-7-. The van der Waals surface area contributed by atoms with Gasteiger partial charge in [-0.2, -0.15) is 10.2 Å². The number of amides is 2. The molecule has 0 saturated heterocycles. The van der Waals surface area contributed by atoms with Crippen LogP contribution in [0.15, 0.2) is 35.7 Å². The first-order valence-corrected chi connectivity index (χ1v) is 8.41. The van der Waals surface area contributed by atoms with E-state index in [1.807, 2.05) is 18.2 Å². The van der Waals surface area contributed by atoms with Crippen molar-refractivity contribution < 1.29 is 14.3 Å². The maximum absolute atomic E-state index is 11.9. The van der Waals surface area contributed by atoms with Crippen LogP contribution in [0.3, 0.4) is 0 Å². The number of hydrazone groups is 1. The largest absolute Gasteiger partial charge is 0.496 e. The number of anilines is 1. The number of rotatable bonds is 7. The third kappa shape index (κ3) is 4.92. The summed E-state index contributed by atoms with van der Waals surface area (Å²) in [5, 5.41) is 20.8. The molecule has 11 nitrogen and oxygen atoms in total. The van der Waals surface area contributed by atoms with E-state index < -0.39 is 5.91 Å². The van der Waals surface area contributed by atoms with Gasteiger partial charge in [-0.1, -0.05) is 23.5 Å². The van der Waals surface area contributed by atoms with Crippen LogP contribution in [0.25, 0.3) is 0 Å². The number of carbonyl (C=O) groups is 2. The molecule has 3 rings (SSSR count). The maximum Gasteiger partial charge on any atom is 0.294 e. The van der Waals surface area contributed by atoms with Crippen LogP contribution in [-0.2, 0) is 11.2 Å². The average Bonchev–Trinajstić information content (AvgIpc) is 3.34. The third-order valence-corrected chi connectivity index (χ3v) is 4.00. The molecule has 27 heavy (non-hydrogen) atoms. The fourth-order valence-electron chi connectivity index (χ4n) is 1.97. The van der Waals surface area contributed by atoms with Crippen molar-refractivity contribution in [2.45, 2.75) is 6.42 Å². The van der Waals surface area contributed by atoms with Gasteiger partial charge >= 0.3 is 0 Å². The zero-order chi connectivity index (χ0) is 19.1. The van der Waals surface area contributed by atoms with Crippen LogP contribution in [0.1, 0.15) is 21.2 Å². The third-order valence-electron chi connectivity index (χ3n) is 3.16. The Morgan fingerprint density at radius 3 is 2.96 bits per heavy atom. The summed E-state index contributed by atoms with van der Waals surface area (Å²) in [4.78, 5) is 27.5. The van der Waals surface area contributed by atoms with Gasteiger partial charge in [-0.3, -0.25) is 20.0 Å². The molecule has 138 valence electrons. The lowest BCUT2D eigenvalue weighted by Gasteiger charge is -2.02. The molecule has 0 bridgehead atoms. The molecule has 0 atom stereocenters. The van der Waals surface area contributed by atoms with Gasteiger partial charge in [-0.25, -0.2) is 10.4 Å². The molecule has 0 aliphatic heterocycles. The molecule has 0 saturated carbocycles. The van der Waals surface area contributed by atoms with Gasteiger partial charge in [0, 0.05) is 5.56 Å². The van der Waals surface area contributed by atoms with Gasteiger partial charge in [0.2, 0.25) is 16.9 Å². The number of carbonyl (C=O) groups excluding carboxylic acids is 2. The fraction of sp³-hybridized carbons (Fsp3) is 0.133. The lowest BCUT2D eigenvalue weighted by molar-refractivity contribution is -0.120.